The van der Waals surface area contributed by atoms with E-state index in [1.54, 1.807) is 18.2 Å². The molecule has 0 spiro atoms. The fourth-order valence-electron chi connectivity index (χ4n) is 1.39. The van der Waals surface area contributed by atoms with Crippen LogP contribution < -0.4 is 5.32 Å². The van der Waals surface area contributed by atoms with Crippen LogP contribution in [0.5, 0.6) is 0 Å². The number of hydrogen-bond donors (Lipinski definition) is 1. The van der Waals surface area contributed by atoms with Crippen LogP contribution in [0.3, 0.4) is 0 Å². The first kappa shape index (κ1) is 11.0. The van der Waals surface area contributed by atoms with Gasteiger partial charge in [0.1, 0.15) is 5.52 Å². The first-order chi connectivity index (χ1) is 7.56. The van der Waals surface area contributed by atoms with Crippen LogP contribution >= 0.6 is 11.6 Å². The molecule has 2 aromatic rings. The molecule has 0 aliphatic carbocycles. The van der Waals surface area contributed by atoms with Crippen molar-refractivity contribution in [1.29, 1.82) is 0 Å². The molecule has 2 rings (SSSR count). The van der Waals surface area contributed by atoms with E-state index in [2.05, 4.69) is 10.3 Å². The minimum atomic E-state index is -0.129. The Bertz CT molecular complexity index is 534. The average molecular weight is 239 g/mol. The highest BCUT2D eigenvalue weighted by Crippen LogP contribution is 2.19. The smallest absolute Gasteiger partial charge is 0.293 e. The number of halogens is 1. The van der Waals surface area contributed by atoms with Gasteiger partial charge in [-0.15, -0.1) is 0 Å². The van der Waals surface area contributed by atoms with E-state index in [1.807, 2.05) is 13.8 Å². The first-order valence-corrected chi connectivity index (χ1v) is 5.31. The summed E-state index contributed by atoms with van der Waals surface area (Å²) in [7, 11) is 0. The van der Waals surface area contributed by atoms with E-state index < -0.39 is 0 Å². The van der Waals surface area contributed by atoms with Gasteiger partial charge in [-0.1, -0.05) is 0 Å². The first-order valence-electron chi connectivity index (χ1n) is 4.93. The number of carbonyl (C=O) groups is 1. The van der Waals surface area contributed by atoms with Gasteiger partial charge in [0.15, 0.2) is 5.58 Å². The van der Waals surface area contributed by atoms with Crippen LogP contribution in [0.25, 0.3) is 11.1 Å². The molecule has 0 aliphatic heterocycles. The molecule has 0 atom stereocenters. The molecule has 84 valence electrons. The Morgan fingerprint density at radius 3 is 2.94 bits per heavy atom. The second-order valence-electron chi connectivity index (χ2n) is 3.78. The van der Waals surface area contributed by atoms with Crippen molar-refractivity contribution >= 4 is 28.6 Å². The van der Waals surface area contributed by atoms with Gasteiger partial charge in [0.05, 0.1) is 0 Å². The Morgan fingerprint density at radius 2 is 2.25 bits per heavy atom. The lowest BCUT2D eigenvalue weighted by molar-refractivity contribution is 0.0943. The minimum Gasteiger partial charge on any atom is -0.428 e. The highest BCUT2D eigenvalue weighted by atomic mass is 35.5. The van der Waals surface area contributed by atoms with Crippen LogP contribution in [0.1, 0.15) is 24.2 Å². The van der Waals surface area contributed by atoms with Gasteiger partial charge in [0.25, 0.3) is 11.3 Å². The van der Waals surface area contributed by atoms with E-state index >= 15 is 0 Å². The lowest BCUT2D eigenvalue weighted by Gasteiger charge is -2.07. The molecule has 0 saturated heterocycles. The zero-order chi connectivity index (χ0) is 11.7. The van der Waals surface area contributed by atoms with Gasteiger partial charge >= 0.3 is 0 Å². The van der Waals surface area contributed by atoms with Crippen molar-refractivity contribution in [2.45, 2.75) is 19.9 Å². The van der Waals surface area contributed by atoms with Crippen molar-refractivity contribution in [3.05, 3.63) is 29.1 Å². The molecule has 1 aromatic carbocycles. The van der Waals surface area contributed by atoms with Gasteiger partial charge in [-0.3, -0.25) is 4.79 Å². The second-order valence-corrected chi connectivity index (χ2v) is 4.10. The molecule has 0 radical (unpaired) electrons. The number of rotatable bonds is 2. The Morgan fingerprint density at radius 1 is 1.50 bits per heavy atom. The maximum Gasteiger partial charge on any atom is 0.293 e. The summed E-state index contributed by atoms with van der Waals surface area (Å²) in [6, 6.07) is 5.12. The number of benzene rings is 1. The Kier molecular flexibility index (Phi) is 2.83. The number of oxazole rings is 1. The normalized spacial score (nSPS) is 11.0. The lowest BCUT2D eigenvalue weighted by Crippen LogP contribution is -2.29. The van der Waals surface area contributed by atoms with Crippen molar-refractivity contribution < 1.29 is 9.21 Å². The quantitative estimate of drug-likeness (QED) is 0.875. The fourth-order valence-corrected chi connectivity index (χ4v) is 1.56. The molecule has 5 heteroatoms. The third kappa shape index (κ3) is 2.17. The van der Waals surface area contributed by atoms with E-state index in [4.69, 9.17) is 16.0 Å². The SMILES string of the molecule is CC(C)NC(=O)c1ccc2oc(Cl)nc2c1. The number of aromatic nitrogens is 1. The van der Waals surface area contributed by atoms with Crippen LogP contribution in [0.2, 0.25) is 5.35 Å². The number of carbonyl (C=O) groups excluding carboxylic acids is 1. The number of nitrogens with zero attached hydrogens (tertiary/aromatic N) is 1. The average Bonchev–Trinajstić information content (AvgIpc) is 2.55. The van der Waals surface area contributed by atoms with Gasteiger partial charge in [-0.25, -0.2) is 0 Å². The maximum absolute atomic E-state index is 11.7. The Labute approximate surface area is 97.6 Å². The monoisotopic (exact) mass is 238 g/mol. The molecule has 0 aliphatic rings. The number of amides is 1. The van der Waals surface area contributed by atoms with Gasteiger partial charge in [-0.05, 0) is 43.6 Å². The van der Waals surface area contributed by atoms with Crippen molar-refractivity contribution in [2.24, 2.45) is 0 Å². The molecule has 0 bridgehead atoms. The van der Waals surface area contributed by atoms with E-state index in [9.17, 15) is 4.79 Å². The van der Waals surface area contributed by atoms with Gasteiger partial charge < -0.3 is 9.73 Å². The zero-order valence-corrected chi connectivity index (χ0v) is 9.71. The molecule has 16 heavy (non-hydrogen) atoms. The summed E-state index contributed by atoms with van der Waals surface area (Å²) in [6.07, 6.45) is 0. The maximum atomic E-state index is 11.7. The highest BCUT2D eigenvalue weighted by Gasteiger charge is 2.10. The molecule has 0 saturated carbocycles. The predicted octanol–water partition coefficient (Wildman–Crippen LogP) is 2.62. The molecule has 0 fully saturated rings. The van der Waals surface area contributed by atoms with Crippen molar-refractivity contribution in [3.8, 4) is 0 Å². The van der Waals surface area contributed by atoms with Gasteiger partial charge in [0, 0.05) is 11.6 Å². The predicted molar refractivity (Wildman–Crippen MR) is 61.6 cm³/mol. The van der Waals surface area contributed by atoms with Crippen molar-refractivity contribution in [2.75, 3.05) is 0 Å². The van der Waals surface area contributed by atoms with Crippen LogP contribution in [-0.2, 0) is 0 Å². The summed E-state index contributed by atoms with van der Waals surface area (Å²) in [6.45, 7) is 3.81. The van der Waals surface area contributed by atoms with Crippen LogP contribution in [-0.4, -0.2) is 16.9 Å². The fraction of sp³-hybridized carbons (Fsp3) is 0.273. The van der Waals surface area contributed by atoms with Crippen LogP contribution in [0, 0.1) is 0 Å². The Balaban J connectivity index is 2.35. The number of hydrogen-bond acceptors (Lipinski definition) is 3. The molecular weight excluding hydrogens is 228 g/mol. The largest absolute Gasteiger partial charge is 0.428 e. The van der Waals surface area contributed by atoms with E-state index in [0.717, 1.165) is 0 Å². The standard InChI is InChI=1S/C11H11ClN2O2/c1-6(2)13-10(15)7-3-4-9-8(5-7)14-11(12)16-9/h3-6H,1-2H3,(H,13,15). The molecule has 0 unspecified atom stereocenters. The molecular formula is C11H11ClN2O2. The van der Waals surface area contributed by atoms with E-state index in [1.165, 1.54) is 0 Å². The molecule has 1 heterocycles. The summed E-state index contributed by atoms with van der Waals surface area (Å²) < 4.78 is 5.11. The highest BCUT2D eigenvalue weighted by molar-refractivity contribution is 6.28. The van der Waals surface area contributed by atoms with Crippen molar-refractivity contribution in [3.63, 3.8) is 0 Å². The second kappa shape index (κ2) is 4.14. The minimum absolute atomic E-state index is 0.0800. The number of nitrogens with one attached hydrogen (secondary N) is 1. The van der Waals surface area contributed by atoms with Crippen molar-refractivity contribution in [1.82, 2.24) is 10.3 Å². The summed E-state index contributed by atoms with van der Waals surface area (Å²) in [4.78, 5) is 15.7. The number of fused-ring (bicyclic) bond motifs is 1. The third-order valence-corrected chi connectivity index (χ3v) is 2.21. The summed E-state index contributed by atoms with van der Waals surface area (Å²) >= 11 is 5.62. The topological polar surface area (TPSA) is 55.1 Å². The molecule has 4 nitrogen and oxygen atoms in total. The summed E-state index contributed by atoms with van der Waals surface area (Å²) in [5.74, 6) is -0.129. The van der Waals surface area contributed by atoms with Crippen LogP contribution in [0.15, 0.2) is 22.6 Å². The lowest BCUT2D eigenvalue weighted by atomic mass is 10.2. The molecule has 1 aromatic heterocycles. The summed E-state index contributed by atoms with van der Waals surface area (Å²) in [5, 5.41) is 2.88. The van der Waals surface area contributed by atoms with E-state index in [-0.39, 0.29) is 17.3 Å². The molecule has 1 amide bonds. The zero-order valence-electron chi connectivity index (χ0n) is 8.95. The third-order valence-electron chi connectivity index (χ3n) is 2.04. The molecule has 1 N–H and O–H groups in total. The van der Waals surface area contributed by atoms with Gasteiger partial charge in [-0.2, -0.15) is 4.98 Å². The summed E-state index contributed by atoms with van der Waals surface area (Å²) in [5.41, 5.74) is 1.71. The van der Waals surface area contributed by atoms with E-state index in [0.29, 0.717) is 16.7 Å². The van der Waals surface area contributed by atoms with Crippen LogP contribution in [0.4, 0.5) is 0 Å². The van der Waals surface area contributed by atoms with Gasteiger partial charge in [0.2, 0.25) is 0 Å². The Hall–Kier alpha value is -1.55.